The lowest BCUT2D eigenvalue weighted by molar-refractivity contribution is 0.196. The van der Waals surface area contributed by atoms with Crippen LogP contribution in [-0.4, -0.2) is 48.1 Å². The zero-order chi connectivity index (χ0) is 16.4. The number of carbonyl (C=O) groups excluding carboxylic acids is 1. The smallest absolute Gasteiger partial charge is 0.317 e. The fourth-order valence-corrected chi connectivity index (χ4v) is 4.36. The summed E-state index contributed by atoms with van der Waals surface area (Å²) in [5.41, 5.74) is 1.06. The Morgan fingerprint density at radius 1 is 1.25 bits per heavy atom. The summed E-state index contributed by atoms with van der Waals surface area (Å²) >= 11 is 1.74. The molecule has 5 nitrogen and oxygen atoms in total. The average molecular weight is 342 g/mol. The van der Waals surface area contributed by atoms with Crippen molar-refractivity contribution >= 4 is 32.7 Å². The van der Waals surface area contributed by atoms with Crippen LogP contribution in [0.25, 0.3) is 10.2 Å². The van der Waals surface area contributed by atoms with Gasteiger partial charge in [0.25, 0.3) is 0 Å². The molecule has 0 bridgehead atoms. The molecule has 0 saturated carbocycles. The van der Waals surface area contributed by atoms with Gasteiger partial charge in [-0.15, -0.1) is 0 Å². The summed E-state index contributed by atoms with van der Waals surface area (Å²) in [6.45, 7) is 3.39. The zero-order valence-electron chi connectivity index (χ0n) is 13.6. The topological polar surface area (TPSA) is 48.5 Å². The minimum Gasteiger partial charge on any atom is -0.346 e. The molecule has 1 aromatic heterocycles. The highest BCUT2D eigenvalue weighted by Gasteiger charge is 2.25. The van der Waals surface area contributed by atoms with Crippen LogP contribution in [0.3, 0.4) is 0 Å². The third-order valence-corrected chi connectivity index (χ3v) is 5.74. The normalized spacial score (nSPS) is 21.2. The number of fused-ring (bicyclic) bond motifs is 1. The van der Waals surface area contributed by atoms with Crippen molar-refractivity contribution in [3.63, 3.8) is 0 Å². The molecule has 0 spiro atoms. The van der Waals surface area contributed by atoms with Gasteiger partial charge in [-0.1, -0.05) is 35.6 Å². The van der Waals surface area contributed by atoms with Crippen LogP contribution in [0, 0.1) is 0 Å². The number of urea groups is 1. The molecule has 2 aliphatic heterocycles. The van der Waals surface area contributed by atoms with Crippen molar-refractivity contribution in [3.8, 4) is 0 Å². The summed E-state index contributed by atoms with van der Waals surface area (Å²) in [7, 11) is 0. The maximum atomic E-state index is 12.4. The van der Waals surface area contributed by atoms with E-state index in [-0.39, 0.29) is 12.1 Å². The standard InChI is InChI=1S/C18H22N4OS/c23-17(21-10-4-1-5-11-21)19-14-7-6-12-22(13-14)18-20-15-8-2-3-9-16(15)24-18/h1-4,8-9,14H,5-7,10-13H2,(H,19,23)/t14-/m1/s1. The Balaban J connectivity index is 1.41. The number of anilines is 1. The number of para-hydroxylation sites is 1. The van der Waals surface area contributed by atoms with E-state index in [4.69, 9.17) is 4.98 Å². The molecule has 1 fully saturated rings. The van der Waals surface area contributed by atoms with Gasteiger partial charge in [0, 0.05) is 32.2 Å². The first-order valence-electron chi connectivity index (χ1n) is 8.60. The molecule has 0 unspecified atom stereocenters. The van der Waals surface area contributed by atoms with E-state index in [1.165, 1.54) is 4.70 Å². The molecule has 1 saturated heterocycles. The lowest BCUT2D eigenvalue weighted by Gasteiger charge is -2.34. The van der Waals surface area contributed by atoms with E-state index >= 15 is 0 Å². The third-order valence-electron chi connectivity index (χ3n) is 4.65. The van der Waals surface area contributed by atoms with E-state index in [0.29, 0.717) is 0 Å². The molecule has 4 rings (SSSR count). The number of hydrogen-bond donors (Lipinski definition) is 1. The molecule has 126 valence electrons. The Kier molecular flexibility index (Phi) is 4.38. The maximum absolute atomic E-state index is 12.4. The number of amides is 2. The molecule has 1 aromatic carbocycles. The molecule has 2 aromatic rings. The molecule has 24 heavy (non-hydrogen) atoms. The lowest BCUT2D eigenvalue weighted by atomic mass is 10.1. The molecule has 1 atom stereocenters. The van der Waals surface area contributed by atoms with E-state index in [9.17, 15) is 4.79 Å². The van der Waals surface area contributed by atoms with E-state index in [1.807, 2.05) is 11.0 Å². The van der Waals surface area contributed by atoms with Crippen molar-refractivity contribution < 1.29 is 4.79 Å². The number of hydrogen-bond acceptors (Lipinski definition) is 4. The van der Waals surface area contributed by atoms with Crippen LogP contribution in [0.5, 0.6) is 0 Å². The van der Waals surface area contributed by atoms with Crippen molar-refractivity contribution in [2.45, 2.75) is 25.3 Å². The van der Waals surface area contributed by atoms with Crippen LogP contribution in [0.2, 0.25) is 0 Å². The van der Waals surface area contributed by atoms with Crippen molar-refractivity contribution in [1.29, 1.82) is 0 Å². The molecule has 3 heterocycles. The first kappa shape index (κ1) is 15.4. The molecule has 1 N–H and O–H groups in total. The second-order valence-electron chi connectivity index (χ2n) is 6.40. The Bertz CT molecular complexity index is 723. The monoisotopic (exact) mass is 342 g/mol. The van der Waals surface area contributed by atoms with Crippen LogP contribution in [-0.2, 0) is 0 Å². The molecule has 2 amide bonds. The Morgan fingerprint density at radius 3 is 3.00 bits per heavy atom. The Hall–Kier alpha value is -2.08. The fourth-order valence-electron chi connectivity index (χ4n) is 3.36. The molecule has 0 aliphatic carbocycles. The number of nitrogens with one attached hydrogen (secondary N) is 1. The Labute approximate surface area is 146 Å². The fraction of sp³-hybridized carbons (Fsp3) is 0.444. The summed E-state index contributed by atoms with van der Waals surface area (Å²) in [6.07, 6.45) is 7.28. The van der Waals surface area contributed by atoms with E-state index in [1.54, 1.807) is 11.3 Å². The average Bonchev–Trinajstić information content (AvgIpc) is 3.07. The van der Waals surface area contributed by atoms with Crippen LogP contribution >= 0.6 is 11.3 Å². The van der Waals surface area contributed by atoms with Gasteiger partial charge in [-0.25, -0.2) is 9.78 Å². The predicted molar refractivity (Wildman–Crippen MR) is 98.7 cm³/mol. The number of carbonyl (C=O) groups is 1. The van der Waals surface area contributed by atoms with Crippen LogP contribution in [0.4, 0.5) is 9.93 Å². The first-order valence-corrected chi connectivity index (χ1v) is 9.42. The molecular formula is C18H22N4OS. The highest BCUT2D eigenvalue weighted by molar-refractivity contribution is 7.22. The number of thiazole rings is 1. The second-order valence-corrected chi connectivity index (χ2v) is 7.41. The molecular weight excluding hydrogens is 320 g/mol. The Morgan fingerprint density at radius 2 is 2.17 bits per heavy atom. The number of piperidine rings is 1. The molecule has 2 aliphatic rings. The van der Waals surface area contributed by atoms with Crippen LogP contribution < -0.4 is 10.2 Å². The van der Waals surface area contributed by atoms with E-state index in [2.05, 4.69) is 40.6 Å². The van der Waals surface area contributed by atoms with Gasteiger partial charge in [0.05, 0.1) is 10.2 Å². The third kappa shape index (κ3) is 3.24. The highest BCUT2D eigenvalue weighted by Crippen LogP contribution is 2.30. The summed E-state index contributed by atoms with van der Waals surface area (Å²) in [5.74, 6) is 0. The van der Waals surface area contributed by atoms with Crippen molar-refractivity contribution in [2.24, 2.45) is 0 Å². The van der Waals surface area contributed by atoms with E-state index < -0.39 is 0 Å². The van der Waals surface area contributed by atoms with Crippen molar-refractivity contribution in [3.05, 3.63) is 36.4 Å². The maximum Gasteiger partial charge on any atom is 0.317 e. The number of nitrogens with zero attached hydrogens (tertiary/aromatic N) is 3. The SMILES string of the molecule is O=C(N[C@@H]1CCCN(c2nc3ccccc3s2)C1)N1CC=CCC1. The molecule has 6 heteroatoms. The van der Waals surface area contributed by atoms with Gasteiger partial charge in [0.15, 0.2) is 5.13 Å². The van der Waals surface area contributed by atoms with E-state index in [0.717, 1.165) is 56.1 Å². The van der Waals surface area contributed by atoms with Gasteiger partial charge in [0.2, 0.25) is 0 Å². The van der Waals surface area contributed by atoms with Gasteiger partial charge in [0.1, 0.15) is 0 Å². The second kappa shape index (κ2) is 6.81. The minimum absolute atomic E-state index is 0.0653. The summed E-state index contributed by atoms with van der Waals surface area (Å²) in [4.78, 5) is 21.4. The zero-order valence-corrected chi connectivity index (χ0v) is 14.5. The minimum atomic E-state index is 0.0653. The van der Waals surface area contributed by atoms with Gasteiger partial charge in [-0.05, 0) is 31.4 Å². The van der Waals surface area contributed by atoms with Gasteiger partial charge < -0.3 is 15.1 Å². The van der Waals surface area contributed by atoms with Gasteiger partial charge >= 0.3 is 6.03 Å². The number of aromatic nitrogens is 1. The van der Waals surface area contributed by atoms with Crippen molar-refractivity contribution in [1.82, 2.24) is 15.2 Å². The quantitative estimate of drug-likeness (QED) is 0.853. The summed E-state index contributed by atoms with van der Waals surface area (Å²) < 4.78 is 1.22. The van der Waals surface area contributed by atoms with Crippen LogP contribution in [0.1, 0.15) is 19.3 Å². The first-order chi connectivity index (χ1) is 11.8. The van der Waals surface area contributed by atoms with Gasteiger partial charge in [-0.2, -0.15) is 0 Å². The molecule has 0 radical (unpaired) electrons. The number of rotatable bonds is 2. The van der Waals surface area contributed by atoms with Gasteiger partial charge in [-0.3, -0.25) is 0 Å². The predicted octanol–water partition coefficient (Wildman–Crippen LogP) is 3.24. The summed E-state index contributed by atoms with van der Waals surface area (Å²) in [6, 6.07) is 8.51. The lowest BCUT2D eigenvalue weighted by Crippen LogP contribution is -2.52. The largest absolute Gasteiger partial charge is 0.346 e. The highest BCUT2D eigenvalue weighted by atomic mass is 32.1. The summed E-state index contributed by atoms with van der Waals surface area (Å²) in [5, 5.41) is 4.28. The van der Waals surface area contributed by atoms with Crippen molar-refractivity contribution in [2.75, 3.05) is 31.1 Å². The van der Waals surface area contributed by atoms with Crippen LogP contribution in [0.15, 0.2) is 36.4 Å². The number of benzene rings is 1.